The van der Waals surface area contributed by atoms with E-state index in [0.29, 0.717) is 17.4 Å². The van der Waals surface area contributed by atoms with E-state index in [9.17, 15) is 4.39 Å². The summed E-state index contributed by atoms with van der Waals surface area (Å²) in [7, 11) is 1.77. The van der Waals surface area contributed by atoms with Crippen molar-refractivity contribution in [1.82, 2.24) is 14.8 Å². The zero-order valence-electron chi connectivity index (χ0n) is 8.61. The molecular weight excluding hydrogens is 231 g/mol. The Morgan fingerprint density at radius 2 is 2.31 bits per heavy atom. The summed E-state index contributed by atoms with van der Waals surface area (Å²) in [6.07, 6.45) is 1.44. The van der Waals surface area contributed by atoms with Crippen LogP contribution in [0.2, 0.25) is 5.02 Å². The standard InChI is InChI=1S/C10H10ClFN4/c1-16-9(14-6-15-16)5-13-10-7(11)3-2-4-8(10)12/h2-4,6,13H,5H2,1H3. The first-order valence-electron chi connectivity index (χ1n) is 4.69. The molecule has 2 aromatic rings. The fraction of sp³-hybridized carbons (Fsp3) is 0.200. The highest BCUT2D eigenvalue weighted by atomic mass is 35.5. The van der Waals surface area contributed by atoms with E-state index in [0.717, 1.165) is 0 Å². The second-order valence-corrected chi connectivity index (χ2v) is 3.66. The molecular formula is C10H10ClFN4. The number of benzene rings is 1. The summed E-state index contributed by atoms with van der Waals surface area (Å²) in [5.41, 5.74) is 0.284. The quantitative estimate of drug-likeness (QED) is 0.895. The van der Waals surface area contributed by atoms with E-state index in [1.807, 2.05) is 0 Å². The van der Waals surface area contributed by atoms with Crippen LogP contribution < -0.4 is 5.32 Å². The average Bonchev–Trinajstić information content (AvgIpc) is 2.64. The van der Waals surface area contributed by atoms with Gasteiger partial charge in [0.05, 0.1) is 17.3 Å². The van der Waals surface area contributed by atoms with Gasteiger partial charge in [0.25, 0.3) is 0 Å². The lowest BCUT2D eigenvalue weighted by Gasteiger charge is -2.08. The van der Waals surface area contributed by atoms with Gasteiger partial charge in [-0.2, -0.15) is 5.10 Å². The topological polar surface area (TPSA) is 42.7 Å². The minimum Gasteiger partial charge on any atom is -0.374 e. The Kier molecular flexibility index (Phi) is 3.05. The number of aryl methyl sites for hydroxylation is 1. The smallest absolute Gasteiger partial charge is 0.147 e. The van der Waals surface area contributed by atoms with Gasteiger partial charge in [-0.05, 0) is 12.1 Å². The van der Waals surface area contributed by atoms with Crippen LogP contribution in [0.15, 0.2) is 24.5 Å². The van der Waals surface area contributed by atoms with Crippen molar-refractivity contribution in [2.75, 3.05) is 5.32 Å². The van der Waals surface area contributed by atoms with E-state index in [4.69, 9.17) is 11.6 Å². The van der Waals surface area contributed by atoms with Gasteiger partial charge in [-0.25, -0.2) is 9.37 Å². The molecule has 1 N–H and O–H groups in total. The van der Waals surface area contributed by atoms with E-state index >= 15 is 0 Å². The monoisotopic (exact) mass is 240 g/mol. The van der Waals surface area contributed by atoms with Gasteiger partial charge in [0.15, 0.2) is 0 Å². The van der Waals surface area contributed by atoms with Crippen LogP contribution >= 0.6 is 11.6 Å². The van der Waals surface area contributed by atoms with Crippen LogP contribution in [0.5, 0.6) is 0 Å². The fourth-order valence-electron chi connectivity index (χ4n) is 1.31. The maximum atomic E-state index is 13.4. The summed E-state index contributed by atoms with van der Waals surface area (Å²) < 4.78 is 15.0. The molecule has 4 nitrogen and oxygen atoms in total. The Hall–Kier alpha value is -1.62. The van der Waals surface area contributed by atoms with Crippen LogP contribution in [-0.4, -0.2) is 14.8 Å². The van der Waals surface area contributed by atoms with Crippen molar-refractivity contribution in [3.05, 3.63) is 41.2 Å². The summed E-state index contributed by atoms with van der Waals surface area (Å²) in [6.45, 7) is 0.372. The highest BCUT2D eigenvalue weighted by Gasteiger charge is 2.07. The van der Waals surface area contributed by atoms with E-state index in [1.54, 1.807) is 23.9 Å². The van der Waals surface area contributed by atoms with Crippen molar-refractivity contribution < 1.29 is 4.39 Å². The number of aromatic nitrogens is 3. The zero-order chi connectivity index (χ0) is 11.5. The van der Waals surface area contributed by atoms with E-state index < -0.39 is 0 Å². The molecule has 0 atom stereocenters. The fourth-order valence-corrected chi connectivity index (χ4v) is 1.54. The Labute approximate surface area is 97.1 Å². The average molecular weight is 241 g/mol. The molecule has 6 heteroatoms. The molecule has 0 saturated heterocycles. The van der Waals surface area contributed by atoms with Crippen molar-refractivity contribution in [3.8, 4) is 0 Å². The number of rotatable bonds is 3. The highest BCUT2D eigenvalue weighted by molar-refractivity contribution is 6.33. The molecule has 0 amide bonds. The molecule has 1 aromatic heterocycles. The first kappa shape index (κ1) is 10.9. The number of anilines is 1. The molecule has 0 spiro atoms. The summed E-state index contributed by atoms with van der Waals surface area (Å²) in [5.74, 6) is 0.328. The van der Waals surface area contributed by atoms with E-state index in [-0.39, 0.29) is 11.5 Å². The van der Waals surface area contributed by atoms with Crippen LogP contribution in [0.3, 0.4) is 0 Å². The third kappa shape index (κ3) is 2.14. The van der Waals surface area contributed by atoms with Gasteiger partial charge in [0, 0.05) is 7.05 Å². The van der Waals surface area contributed by atoms with Gasteiger partial charge in [-0.3, -0.25) is 4.68 Å². The molecule has 0 bridgehead atoms. The maximum absolute atomic E-state index is 13.4. The van der Waals surface area contributed by atoms with Crippen molar-refractivity contribution in [2.24, 2.45) is 7.05 Å². The van der Waals surface area contributed by atoms with Crippen LogP contribution in [0.4, 0.5) is 10.1 Å². The summed E-state index contributed by atoms with van der Waals surface area (Å²) in [5, 5.41) is 7.16. The number of nitrogens with one attached hydrogen (secondary N) is 1. The molecule has 0 unspecified atom stereocenters. The van der Waals surface area contributed by atoms with Crippen LogP contribution in [0, 0.1) is 5.82 Å². The Bertz CT molecular complexity index is 477. The van der Waals surface area contributed by atoms with Crippen molar-refractivity contribution in [3.63, 3.8) is 0 Å². The Morgan fingerprint density at radius 3 is 2.94 bits per heavy atom. The van der Waals surface area contributed by atoms with E-state index in [1.165, 1.54) is 12.4 Å². The molecule has 84 valence electrons. The first-order valence-corrected chi connectivity index (χ1v) is 5.07. The van der Waals surface area contributed by atoms with Crippen molar-refractivity contribution in [2.45, 2.75) is 6.54 Å². The number of para-hydroxylation sites is 1. The Morgan fingerprint density at radius 1 is 1.50 bits per heavy atom. The minimum atomic E-state index is -0.380. The second kappa shape index (κ2) is 4.49. The predicted octanol–water partition coefficient (Wildman–Crippen LogP) is 2.22. The second-order valence-electron chi connectivity index (χ2n) is 3.25. The van der Waals surface area contributed by atoms with Gasteiger partial charge in [0.2, 0.25) is 0 Å². The van der Waals surface area contributed by atoms with Gasteiger partial charge in [-0.15, -0.1) is 0 Å². The lowest BCUT2D eigenvalue weighted by Crippen LogP contribution is -2.08. The number of hydrogen-bond acceptors (Lipinski definition) is 3. The van der Waals surface area contributed by atoms with Gasteiger partial charge < -0.3 is 5.32 Å². The van der Waals surface area contributed by atoms with Gasteiger partial charge >= 0.3 is 0 Å². The van der Waals surface area contributed by atoms with Gasteiger partial charge in [-0.1, -0.05) is 17.7 Å². The maximum Gasteiger partial charge on any atom is 0.147 e. The highest BCUT2D eigenvalue weighted by Crippen LogP contribution is 2.24. The van der Waals surface area contributed by atoms with Crippen molar-refractivity contribution in [1.29, 1.82) is 0 Å². The lowest BCUT2D eigenvalue weighted by atomic mass is 10.3. The first-order chi connectivity index (χ1) is 7.68. The lowest BCUT2D eigenvalue weighted by molar-refractivity contribution is 0.628. The molecule has 1 heterocycles. The largest absolute Gasteiger partial charge is 0.374 e. The zero-order valence-corrected chi connectivity index (χ0v) is 9.37. The molecule has 1 aromatic carbocycles. The molecule has 0 aliphatic heterocycles. The molecule has 16 heavy (non-hydrogen) atoms. The normalized spacial score (nSPS) is 10.4. The number of hydrogen-bond donors (Lipinski definition) is 1. The van der Waals surface area contributed by atoms with Crippen LogP contribution in [0.1, 0.15) is 5.82 Å². The molecule has 0 fully saturated rings. The minimum absolute atomic E-state index is 0.284. The summed E-state index contributed by atoms with van der Waals surface area (Å²) in [4.78, 5) is 4.01. The summed E-state index contributed by atoms with van der Waals surface area (Å²) >= 11 is 5.86. The van der Waals surface area contributed by atoms with Crippen LogP contribution in [-0.2, 0) is 13.6 Å². The molecule has 2 rings (SSSR count). The third-order valence-corrected chi connectivity index (χ3v) is 2.51. The SMILES string of the molecule is Cn1ncnc1CNc1c(F)cccc1Cl. The van der Waals surface area contributed by atoms with Crippen molar-refractivity contribution >= 4 is 17.3 Å². The molecule has 0 aliphatic carbocycles. The molecule has 0 aliphatic rings. The molecule has 0 saturated carbocycles. The number of halogens is 2. The van der Waals surface area contributed by atoms with Crippen LogP contribution in [0.25, 0.3) is 0 Å². The number of nitrogens with zero attached hydrogens (tertiary/aromatic N) is 3. The third-order valence-electron chi connectivity index (χ3n) is 2.19. The Balaban J connectivity index is 2.14. The molecule has 0 radical (unpaired) electrons. The van der Waals surface area contributed by atoms with Gasteiger partial charge in [0.1, 0.15) is 18.0 Å². The summed E-state index contributed by atoms with van der Waals surface area (Å²) in [6, 6.07) is 4.54. The van der Waals surface area contributed by atoms with E-state index in [2.05, 4.69) is 15.4 Å². The predicted molar refractivity (Wildman–Crippen MR) is 59.7 cm³/mol.